The summed E-state index contributed by atoms with van der Waals surface area (Å²) in [4.78, 5) is 15.3. The summed E-state index contributed by atoms with van der Waals surface area (Å²) in [6.07, 6.45) is 5.99. The Labute approximate surface area is 180 Å². The van der Waals surface area contributed by atoms with Crippen molar-refractivity contribution in [2.75, 3.05) is 25.5 Å². The molecule has 0 saturated heterocycles. The lowest BCUT2D eigenvalue weighted by Gasteiger charge is -2.46. The van der Waals surface area contributed by atoms with E-state index in [9.17, 15) is 10.0 Å². The van der Waals surface area contributed by atoms with E-state index in [2.05, 4.69) is 19.1 Å². The molecular formula is C23H26N2O4S. The van der Waals surface area contributed by atoms with E-state index in [4.69, 9.17) is 9.47 Å². The van der Waals surface area contributed by atoms with Crippen molar-refractivity contribution in [3.63, 3.8) is 0 Å². The molecule has 1 aromatic heterocycles. The van der Waals surface area contributed by atoms with Crippen LogP contribution >= 0.6 is 11.8 Å². The van der Waals surface area contributed by atoms with Crippen molar-refractivity contribution >= 4 is 17.7 Å². The molecule has 1 aromatic carbocycles. The first-order valence-corrected chi connectivity index (χ1v) is 11.6. The van der Waals surface area contributed by atoms with Crippen LogP contribution in [0.1, 0.15) is 49.8 Å². The van der Waals surface area contributed by atoms with Crippen molar-refractivity contribution in [2.45, 2.75) is 49.1 Å². The van der Waals surface area contributed by atoms with E-state index in [-0.39, 0.29) is 23.1 Å². The van der Waals surface area contributed by atoms with Crippen molar-refractivity contribution in [3.8, 4) is 11.5 Å². The molecule has 2 aromatic rings. The Morgan fingerprint density at radius 1 is 1.23 bits per heavy atom. The summed E-state index contributed by atoms with van der Waals surface area (Å²) in [5, 5.41) is 12.5. The predicted molar refractivity (Wildman–Crippen MR) is 114 cm³/mol. The second kappa shape index (κ2) is 7.69. The van der Waals surface area contributed by atoms with E-state index < -0.39 is 0 Å². The van der Waals surface area contributed by atoms with Crippen LogP contribution in [0.25, 0.3) is 0 Å². The van der Waals surface area contributed by atoms with E-state index in [0.717, 1.165) is 35.6 Å². The van der Waals surface area contributed by atoms with Crippen molar-refractivity contribution < 1.29 is 19.0 Å². The van der Waals surface area contributed by atoms with Gasteiger partial charge >= 0.3 is 0 Å². The number of fused-ring (bicyclic) bond motifs is 3. The molecule has 1 aliphatic carbocycles. The molecular weight excluding hydrogens is 400 g/mol. The fraction of sp³-hybridized carbons (Fsp3) is 0.478. The third-order valence-electron chi connectivity index (χ3n) is 6.69. The largest absolute Gasteiger partial charge is 0.618 e. The number of hydrogen-bond acceptors (Lipinski definition) is 5. The lowest BCUT2D eigenvalue weighted by atomic mass is 9.71. The highest BCUT2D eigenvalue weighted by atomic mass is 32.2. The van der Waals surface area contributed by atoms with Crippen molar-refractivity contribution in [2.24, 2.45) is 0 Å². The molecule has 1 amide bonds. The minimum absolute atomic E-state index is 0.0107. The predicted octanol–water partition coefficient (Wildman–Crippen LogP) is 3.60. The first-order chi connectivity index (χ1) is 14.6. The molecule has 3 heterocycles. The standard InChI is InChI=1S/C23H26N2O4S/c1-16-17-12-19-20(29-11-10-28-19)13-18(17)23(7-3-4-8-23)15-24(16)21(26)14-30-22-6-2-5-9-25(22)27/h2,5-6,9,12-13,16H,3-4,7-8,10-11,14-15H2,1H3/t16-/m1/s1. The van der Waals surface area contributed by atoms with Crippen molar-refractivity contribution in [3.05, 3.63) is 52.9 Å². The smallest absolute Gasteiger partial charge is 0.251 e. The van der Waals surface area contributed by atoms with Gasteiger partial charge in [-0.05, 0) is 60.9 Å². The number of carbonyl (C=O) groups excluding carboxylic acids is 1. The van der Waals surface area contributed by atoms with E-state index in [1.54, 1.807) is 12.1 Å². The molecule has 2 aliphatic heterocycles. The zero-order valence-electron chi connectivity index (χ0n) is 17.1. The van der Waals surface area contributed by atoms with Crippen LogP contribution in [-0.2, 0) is 10.2 Å². The van der Waals surface area contributed by atoms with E-state index in [1.807, 2.05) is 11.0 Å². The third-order valence-corrected chi connectivity index (χ3v) is 7.69. The average Bonchev–Trinajstić information content (AvgIpc) is 3.24. The van der Waals surface area contributed by atoms with Gasteiger partial charge in [-0.3, -0.25) is 4.79 Å². The van der Waals surface area contributed by atoms with Gasteiger partial charge in [0.05, 0.1) is 11.8 Å². The topological polar surface area (TPSA) is 65.7 Å². The molecule has 0 unspecified atom stereocenters. The SMILES string of the molecule is C[C@@H]1c2cc3c(cc2C2(CCCC2)CN1C(=O)CSc1cccc[n+]1[O-])OCCO3. The summed E-state index contributed by atoms with van der Waals surface area (Å²) in [5.41, 5.74) is 2.49. The van der Waals surface area contributed by atoms with Gasteiger partial charge in [-0.2, -0.15) is 4.73 Å². The van der Waals surface area contributed by atoms with Crippen LogP contribution in [0.15, 0.2) is 41.6 Å². The molecule has 1 atom stereocenters. The van der Waals surface area contributed by atoms with Crippen LogP contribution in [0.5, 0.6) is 11.5 Å². The molecule has 0 N–H and O–H groups in total. The van der Waals surface area contributed by atoms with Gasteiger partial charge in [-0.25, -0.2) is 0 Å². The molecule has 5 rings (SSSR count). The highest BCUT2D eigenvalue weighted by Crippen LogP contribution is 2.52. The van der Waals surface area contributed by atoms with Crippen LogP contribution in [0, 0.1) is 5.21 Å². The summed E-state index contributed by atoms with van der Waals surface area (Å²) in [7, 11) is 0. The minimum atomic E-state index is -0.0368. The second-order valence-electron chi connectivity index (χ2n) is 8.42. The summed E-state index contributed by atoms with van der Waals surface area (Å²) in [6.45, 7) is 3.95. The number of benzene rings is 1. The number of carbonyl (C=O) groups is 1. The minimum Gasteiger partial charge on any atom is -0.618 e. The van der Waals surface area contributed by atoms with Gasteiger partial charge in [-0.1, -0.05) is 12.8 Å². The Kier molecular flexibility index (Phi) is 5.01. The summed E-state index contributed by atoms with van der Waals surface area (Å²) in [6, 6.07) is 9.49. The van der Waals surface area contributed by atoms with E-state index >= 15 is 0 Å². The molecule has 7 heteroatoms. The molecule has 0 radical (unpaired) electrons. The quantitative estimate of drug-likeness (QED) is 0.426. The zero-order chi connectivity index (χ0) is 20.7. The summed E-state index contributed by atoms with van der Waals surface area (Å²) >= 11 is 1.30. The molecule has 3 aliphatic rings. The number of amides is 1. The Hall–Kier alpha value is -2.41. The lowest BCUT2D eigenvalue weighted by molar-refractivity contribution is -0.645. The number of nitrogens with zero attached hydrogens (tertiary/aromatic N) is 2. The maximum Gasteiger partial charge on any atom is 0.251 e. The van der Waals surface area contributed by atoms with Gasteiger partial charge in [0.25, 0.3) is 5.03 Å². The molecule has 0 bridgehead atoms. The van der Waals surface area contributed by atoms with E-state index in [0.29, 0.717) is 18.2 Å². The molecule has 30 heavy (non-hydrogen) atoms. The normalized spacial score (nSPS) is 21.5. The van der Waals surface area contributed by atoms with Gasteiger partial charge in [-0.15, -0.1) is 0 Å². The van der Waals surface area contributed by atoms with E-state index in [1.165, 1.54) is 41.9 Å². The molecule has 1 fully saturated rings. The third kappa shape index (κ3) is 3.29. The van der Waals surface area contributed by atoms with Crippen LogP contribution in [0.4, 0.5) is 0 Å². The molecule has 158 valence electrons. The van der Waals surface area contributed by atoms with Gasteiger partial charge in [0, 0.05) is 24.1 Å². The molecule has 6 nitrogen and oxygen atoms in total. The number of pyridine rings is 1. The zero-order valence-corrected chi connectivity index (χ0v) is 18.0. The Bertz CT molecular complexity index is 974. The average molecular weight is 427 g/mol. The Morgan fingerprint density at radius 3 is 2.70 bits per heavy atom. The van der Waals surface area contributed by atoms with Crippen LogP contribution < -0.4 is 14.2 Å². The maximum atomic E-state index is 13.3. The first kappa shape index (κ1) is 19.5. The fourth-order valence-electron chi connectivity index (χ4n) is 5.15. The van der Waals surface area contributed by atoms with Gasteiger partial charge in [0.2, 0.25) is 5.91 Å². The summed E-state index contributed by atoms with van der Waals surface area (Å²) in [5.74, 6) is 1.94. The van der Waals surface area contributed by atoms with Gasteiger partial charge < -0.3 is 19.6 Å². The first-order valence-electron chi connectivity index (χ1n) is 10.6. The Morgan fingerprint density at radius 2 is 1.97 bits per heavy atom. The number of hydrogen-bond donors (Lipinski definition) is 0. The molecule has 1 saturated carbocycles. The lowest BCUT2D eigenvalue weighted by Crippen LogP contribution is -2.49. The Balaban J connectivity index is 1.45. The van der Waals surface area contributed by atoms with Gasteiger partial charge in [0.1, 0.15) is 13.2 Å². The number of ether oxygens (including phenoxy) is 2. The second-order valence-corrected chi connectivity index (χ2v) is 9.42. The highest BCUT2D eigenvalue weighted by molar-refractivity contribution is 7.99. The number of rotatable bonds is 3. The van der Waals surface area contributed by atoms with Crippen LogP contribution in [0.2, 0.25) is 0 Å². The van der Waals surface area contributed by atoms with Crippen LogP contribution in [0.3, 0.4) is 0 Å². The fourth-order valence-corrected chi connectivity index (χ4v) is 5.95. The number of thioether (sulfide) groups is 1. The van der Waals surface area contributed by atoms with Crippen LogP contribution in [-0.4, -0.2) is 36.3 Å². The molecule has 1 spiro atoms. The maximum absolute atomic E-state index is 13.3. The number of aromatic nitrogens is 1. The van der Waals surface area contributed by atoms with Crippen molar-refractivity contribution in [1.82, 2.24) is 4.90 Å². The van der Waals surface area contributed by atoms with Gasteiger partial charge in [0.15, 0.2) is 17.7 Å². The highest BCUT2D eigenvalue weighted by Gasteiger charge is 2.46. The van der Waals surface area contributed by atoms with Crippen molar-refractivity contribution in [1.29, 1.82) is 0 Å². The summed E-state index contributed by atoms with van der Waals surface area (Å²) < 4.78 is 12.5. The monoisotopic (exact) mass is 426 g/mol.